The Morgan fingerprint density at radius 3 is 2.23 bits per heavy atom. The number of rotatable bonds is 3. The van der Waals surface area contributed by atoms with Gasteiger partial charge in [0.15, 0.2) is 0 Å². The third kappa shape index (κ3) is 2.50. The molecule has 26 heavy (non-hydrogen) atoms. The van der Waals surface area contributed by atoms with Crippen LogP contribution in [0.1, 0.15) is 43.5 Å². The minimum atomic E-state index is 0.210. The summed E-state index contributed by atoms with van der Waals surface area (Å²) < 4.78 is 1.93. The molecule has 2 aromatic rings. The predicted molar refractivity (Wildman–Crippen MR) is 102 cm³/mol. The minimum absolute atomic E-state index is 0.210. The van der Waals surface area contributed by atoms with E-state index in [0.717, 1.165) is 34.6 Å². The number of carbonyl (C=O) groups excluding carboxylic acids is 1. The number of carbonyl (C=O) groups is 1. The van der Waals surface area contributed by atoms with Crippen molar-refractivity contribution < 1.29 is 4.79 Å². The van der Waals surface area contributed by atoms with Crippen molar-refractivity contribution in [1.29, 1.82) is 0 Å². The van der Waals surface area contributed by atoms with E-state index in [1.165, 1.54) is 32.1 Å². The van der Waals surface area contributed by atoms with E-state index in [4.69, 9.17) is 0 Å². The number of hydrogen-bond donors (Lipinski definition) is 1. The zero-order valence-corrected chi connectivity index (χ0v) is 15.6. The zero-order valence-electron chi connectivity index (χ0n) is 15.6. The van der Waals surface area contributed by atoms with Gasteiger partial charge in [0.25, 0.3) is 0 Å². The molecule has 1 N–H and O–H groups in total. The van der Waals surface area contributed by atoms with Crippen LogP contribution < -0.4 is 5.32 Å². The molecule has 0 atom stereocenters. The lowest BCUT2D eigenvalue weighted by molar-refractivity contribution is -0.132. The lowest BCUT2D eigenvalue weighted by atomic mass is 9.51. The summed E-state index contributed by atoms with van der Waals surface area (Å²) in [5, 5.41) is 7.95. The zero-order chi connectivity index (χ0) is 17.8. The summed E-state index contributed by atoms with van der Waals surface area (Å²) in [5.74, 6) is 3.45. The molecule has 0 spiro atoms. The Bertz CT molecular complexity index is 811. The molecular formula is C22H27N3O. The Morgan fingerprint density at radius 1 is 1.00 bits per heavy atom. The average Bonchev–Trinajstić information content (AvgIpc) is 2.90. The van der Waals surface area contributed by atoms with Crippen molar-refractivity contribution in [2.45, 2.75) is 46.0 Å². The first kappa shape index (κ1) is 16.1. The number of nitrogens with one attached hydrogen (secondary N) is 1. The second kappa shape index (κ2) is 5.97. The SMILES string of the molecule is Cc1nn(-c2ccccc2)c(C)c1NC(=O)C1C2CC3CC(C2)CC1C3. The van der Waals surface area contributed by atoms with Crippen molar-refractivity contribution in [3.63, 3.8) is 0 Å². The first-order valence-electron chi connectivity index (χ1n) is 10.0. The van der Waals surface area contributed by atoms with Gasteiger partial charge in [-0.05, 0) is 81.8 Å². The monoisotopic (exact) mass is 349 g/mol. The average molecular weight is 349 g/mol. The Labute approximate surface area is 155 Å². The highest BCUT2D eigenvalue weighted by atomic mass is 16.2. The maximum Gasteiger partial charge on any atom is 0.228 e. The van der Waals surface area contributed by atoms with Crippen LogP contribution in [0.2, 0.25) is 0 Å². The fourth-order valence-corrected chi connectivity index (χ4v) is 6.20. The van der Waals surface area contributed by atoms with Crippen molar-refractivity contribution in [3.8, 4) is 5.69 Å². The number of nitrogens with zero attached hydrogens (tertiary/aromatic N) is 2. The number of hydrogen-bond acceptors (Lipinski definition) is 2. The van der Waals surface area contributed by atoms with E-state index in [2.05, 4.69) is 10.4 Å². The maximum atomic E-state index is 13.2. The van der Waals surface area contributed by atoms with E-state index < -0.39 is 0 Å². The molecule has 4 fully saturated rings. The molecule has 4 aliphatic rings. The van der Waals surface area contributed by atoms with E-state index in [-0.39, 0.29) is 11.8 Å². The number of para-hydroxylation sites is 1. The molecule has 1 amide bonds. The molecule has 4 heteroatoms. The minimum Gasteiger partial charge on any atom is -0.323 e. The molecule has 1 aromatic carbocycles. The third-order valence-electron chi connectivity index (χ3n) is 7.07. The highest BCUT2D eigenvalue weighted by Crippen LogP contribution is 2.56. The van der Waals surface area contributed by atoms with Gasteiger partial charge in [0.05, 0.1) is 22.8 Å². The molecule has 0 saturated heterocycles. The van der Waals surface area contributed by atoms with Crippen LogP contribution in [0.25, 0.3) is 5.69 Å². The van der Waals surface area contributed by atoms with Crippen LogP contribution in [0.15, 0.2) is 30.3 Å². The van der Waals surface area contributed by atoms with Crippen LogP contribution in [0, 0.1) is 43.4 Å². The molecule has 0 aliphatic heterocycles. The number of anilines is 1. The van der Waals surface area contributed by atoms with Crippen molar-refractivity contribution in [1.82, 2.24) is 9.78 Å². The fraction of sp³-hybridized carbons (Fsp3) is 0.545. The normalized spacial score (nSPS) is 32.0. The number of benzene rings is 1. The van der Waals surface area contributed by atoms with Gasteiger partial charge >= 0.3 is 0 Å². The summed E-state index contributed by atoms with van der Waals surface area (Å²) in [6, 6.07) is 10.1. The van der Waals surface area contributed by atoms with Crippen molar-refractivity contribution in [3.05, 3.63) is 41.7 Å². The molecule has 4 saturated carbocycles. The number of aromatic nitrogens is 2. The largest absolute Gasteiger partial charge is 0.323 e. The van der Waals surface area contributed by atoms with Crippen molar-refractivity contribution in [2.24, 2.45) is 29.6 Å². The molecular weight excluding hydrogens is 322 g/mol. The van der Waals surface area contributed by atoms with E-state index in [9.17, 15) is 4.79 Å². The molecule has 1 aromatic heterocycles. The topological polar surface area (TPSA) is 46.9 Å². The van der Waals surface area contributed by atoms with Gasteiger partial charge in [0.1, 0.15) is 0 Å². The van der Waals surface area contributed by atoms with E-state index >= 15 is 0 Å². The van der Waals surface area contributed by atoms with E-state index in [1.54, 1.807) is 0 Å². The molecule has 6 rings (SSSR count). The highest BCUT2D eigenvalue weighted by Gasteiger charge is 2.50. The van der Waals surface area contributed by atoms with Crippen LogP contribution in [0.4, 0.5) is 5.69 Å². The van der Waals surface area contributed by atoms with Gasteiger partial charge in [-0.15, -0.1) is 0 Å². The Hall–Kier alpha value is -2.10. The van der Waals surface area contributed by atoms with Crippen LogP contribution in [-0.4, -0.2) is 15.7 Å². The lowest BCUT2D eigenvalue weighted by Gasteiger charge is -2.53. The highest BCUT2D eigenvalue weighted by molar-refractivity contribution is 5.94. The van der Waals surface area contributed by atoms with E-state index in [0.29, 0.717) is 11.8 Å². The van der Waals surface area contributed by atoms with Crippen LogP contribution in [0.5, 0.6) is 0 Å². The van der Waals surface area contributed by atoms with Crippen LogP contribution in [-0.2, 0) is 4.79 Å². The van der Waals surface area contributed by atoms with Gasteiger partial charge in [-0.2, -0.15) is 5.10 Å². The van der Waals surface area contributed by atoms with Gasteiger partial charge < -0.3 is 5.32 Å². The number of aryl methyl sites for hydroxylation is 1. The molecule has 1 heterocycles. The summed E-state index contributed by atoms with van der Waals surface area (Å²) in [6.07, 6.45) is 6.50. The Balaban J connectivity index is 1.40. The quantitative estimate of drug-likeness (QED) is 0.887. The smallest absolute Gasteiger partial charge is 0.228 e. The molecule has 4 aliphatic carbocycles. The summed E-state index contributed by atoms with van der Waals surface area (Å²) in [5.41, 5.74) is 3.82. The van der Waals surface area contributed by atoms with Gasteiger partial charge in [0.2, 0.25) is 5.91 Å². The predicted octanol–water partition coefficient (Wildman–Crippen LogP) is 4.50. The molecule has 136 valence electrons. The summed E-state index contributed by atoms with van der Waals surface area (Å²) in [6.45, 7) is 4.03. The van der Waals surface area contributed by atoms with Crippen LogP contribution in [0.3, 0.4) is 0 Å². The molecule has 4 bridgehead atoms. The maximum absolute atomic E-state index is 13.2. The van der Waals surface area contributed by atoms with Crippen molar-refractivity contribution in [2.75, 3.05) is 5.32 Å². The summed E-state index contributed by atoms with van der Waals surface area (Å²) in [4.78, 5) is 13.2. The molecule has 0 radical (unpaired) electrons. The molecule has 0 unspecified atom stereocenters. The fourth-order valence-electron chi connectivity index (χ4n) is 6.20. The first-order chi connectivity index (χ1) is 12.6. The summed E-state index contributed by atoms with van der Waals surface area (Å²) in [7, 11) is 0. The first-order valence-corrected chi connectivity index (χ1v) is 10.0. The Morgan fingerprint density at radius 2 is 1.62 bits per heavy atom. The third-order valence-corrected chi connectivity index (χ3v) is 7.07. The van der Waals surface area contributed by atoms with Gasteiger partial charge in [-0.3, -0.25) is 4.79 Å². The second-order valence-electron chi connectivity index (χ2n) is 8.74. The Kier molecular flexibility index (Phi) is 3.70. The second-order valence-corrected chi connectivity index (χ2v) is 8.74. The van der Waals surface area contributed by atoms with E-state index in [1.807, 2.05) is 48.9 Å². The van der Waals surface area contributed by atoms with Gasteiger partial charge in [0, 0.05) is 5.92 Å². The van der Waals surface area contributed by atoms with Gasteiger partial charge in [-0.1, -0.05) is 18.2 Å². The van der Waals surface area contributed by atoms with Crippen molar-refractivity contribution >= 4 is 11.6 Å². The number of amides is 1. The summed E-state index contributed by atoms with van der Waals surface area (Å²) >= 11 is 0. The lowest BCUT2D eigenvalue weighted by Crippen LogP contribution is -2.49. The van der Waals surface area contributed by atoms with Crippen LogP contribution >= 0.6 is 0 Å². The standard InChI is InChI=1S/C22H27N3O/c1-13-21(14(2)25(24-13)19-6-4-3-5-7-19)23-22(26)20-17-9-15-8-16(11-17)12-18(20)10-15/h3-7,15-18,20H,8-12H2,1-2H3,(H,23,26). The molecule has 4 nitrogen and oxygen atoms in total. The van der Waals surface area contributed by atoms with Gasteiger partial charge in [-0.25, -0.2) is 4.68 Å².